The van der Waals surface area contributed by atoms with Crippen LogP contribution in [0.3, 0.4) is 0 Å². The Hall–Kier alpha value is -4.59. The van der Waals surface area contributed by atoms with Gasteiger partial charge in [0.05, 0.1) is 12.8 Å². The van der Waals surface area contributed by atoms with Crippen LogP contribution in [0.5, 0.6) is 17.2 Å². The van der Waals surface area contributed by atoms with Gasteiger partial charge in [0.1, 0.15) is 17.2 Å². The zero-order valence-corrected chi connectivity index (χ0v) is 20.0. The molecule has 0 bridgehead atoms. The average molecular weight is 482 g/mol. The van der Waals surface area contributed by atoms with Gasteiger partial charge in [-0.2, -0.15) is 0 Å². The van der Waals surface area contributed by atoms with Crippen LogP contribution in [-0.2, 0) is 0 Å². The summed E-state index contributed by atoms with van der Waals surface area (Å²) in [7, 11) is 1.65. The third-order valence-corrected chi connectivity index (χ3v) is 6.01. The third kappa shape index (κ3) is 5.55. The van der Waals surface area contributed by atoms with Gasteiger partial charge in [-0.3, -0.25) is 0 Å². The molecule has 1 aliphatic rings. The molecule has 5 rings (SSSR count). The SMILES string of the molecule is COc1ccc(-c2ccc(N3CCN(C(=O)Nc4ccc(Oc5ccccc5)cc4)CC3)nn2)cc1. The molecule has 2 amide bonds. The standard InChI is InChI=1S/C28H27N5O3/c1-35-23-11-7-21(8-12-23)26-15-16-27(31-30-26)32-17-19-33(20-18-32)28(34)29-22-9-13-25(14-10-22)36-24-5-3-2-4-6-24/h2-16H,17-20H2,1H3,(H,29,34). The molecule has 2 heterocycles. The molecule has 1 N–H and O–H groups in total. The van der Waals surface area contributed by atoms with Crippen molar-refractivity contribution < 1.29 is 14.3 Å². The largest absolute Gasteiger partial charge is 0.497 e. The number of hydrogen-bond acceptors (Lipinski definition) is 6. The number of methoxy groups -OCH3 is 1. The van der Waals surface area contributed by atoms with Crippen LogP contribution in [0.15, 0.2) is 91.0 Å². The molecule has 3 aromatic carbocycles. The highest BCUT2D eigenvalue weighted by molar-refractivity contribution is 5.89. The molecule has 0 atom stereocenters. The van der Waals surface area contributed by atoms with Gasteiger partial charge in [-0.1, -0.05) is 18.2 Å². The highest BCUT2D eigenvalue weighted by Gasteiger charge is 2.22. The Balaban J connectivity index is 1.12. The molecular formula is C28H27N5O3. The predicted octanol–water partition coefficient (Wildman–Crippen LogP) is 5.30. The maximum atomic E-state index is 12.8. The lowest BCUT2D eigenvalue weighted by atomic mass is 10.1. The van der Waals surface area contributed by atoms with E-state index in [1.54, 1.807) is 7.11 Å². The maximum Gasteiger partial charge on any atom is 0.321 e. The van der Waals surface area contributed by atoms with E-state index in [4.69, 9.17) is 9.47 Å². The van der Waals surface area contributed by atoms with Crippen LogP contribution >= 0.6 is 0 Å². The molecule has 0 saturated carbocycles. The number of piperazine rings is 1. The van der Waals surface area contributed by atoms with Crippen LogP contribution in [0.4, 0.5) is 16.3 Å². The molecule has 8 heteroatoms. The minimum absolute atomic E-state index is 0.118. The molecule has 1 saturated heterocycles. The second-order valence-corrected chi connectivity index (χ2v) is 8.35. The molecule has 0 aliphatic carbocycles. The van der Waals surface area contributed by atoms with Gasteiger partial charge in [0.25, 0.3) is 0 Å². The van der Waals surface area contributed by atoms with Crippen LogP contribution in [0.2, 0.25) is 0 Å². The fourth-order valence-corrected chi connectivity index (χ4v) is 3.98. The molecule has 4 aromatic rings. The van der Waals surface area contributed by atoms with Crippen molar-refractivity contribution in [2.75, 3.05) is 43.5 Å². The number of carbonyl (C=O) groups is 1. The monoisotopic (exact) mass is 481 g/mol. The van der Waals surface area contributed by atoms with Crippen molar-refractivity contribution in [2.45, 2.75) is 0 Å². The molecule has 1 fully saturated rings. The number of nitrogens with zero attached hydrogens (tertiary/aromatic N) is 4. The van der Waals surface area contributed by atoms with Crippen LogP contribution in [0, 0.1) is 0 Å². The Morgan fingerprint density at radius 2 is 1.42 bits per heavy atom. The second-order valence-electron chi connectivity index (χ2n) is 8.35. The number of hydrogen-bond donors (Lipinski definition) is 1. The first-order valence-corrected chi connectivity index (χ1v) is 11.8. The number of para-hydroxylation sites is 1. The molecule has 0 spiro atoms. The summed E-state index contributed by atoms with van der Waals surface area (Å²) in [4.78, 5) is 16.7. The van der Waals surface area contributed by atoms with Gasteiger partial charge in [0.2, 0.25) is 0 Å². The highest BCUT2D eigenvalue weighted by Crippen LogP contribution is 2.24. The Bertz CT molecular complexity index is 1270. The lowest BCUT2D eigenvalue weighted by Crippen LogP contribution is -2.50. The first-order valence-electron chi connectivity index (χ1n) is 11.8. The van der Waals surface area contributed by atoms with Crippen LogP contribution in [0.25, 0.3) is 11.3 Å². The molecule has 8 nitrogen and oxygen atoms in total. The normalized spacial score (nSPS) is 13.2. The number of rotatable bonds is 6. The van der Waals surface area contributed by atoms with Gasteiger partial charge in [0, 0.05) is 37.4 Å². The van der Waals surface area contributed by atoms with E-state index in [0.29, 0.717) is 31.9 Å². The molecule has 0 radical (unpaired) electrons. The van der Waals surface area contributed by atoms with Crippen molar-refractivity contribution in [3.05, 3.63) is 91.0 Å². The summed E-state index contributed by atoms with van der Waals surface area (Å²) in [6.45, 7) is 2.58. The van der Waals surface area contributed by atoms with E-state index in [9.17, 15) is 4.79 Å². The minimum atomic E-state index is -0.118. The summed E-state index contributed by atoms with van der Waals surface area (Å²) in [6, 6.07) is 28.5. The minimum Gasteiger partial charge on any atom is -0.497 e. The van der Waals surface area contributed by atoms with Gasteiger partial charge in [-0.25, -0.2) is 4.79 Å². The number of ether oxygens (including phenoxy) is 2. The summed E-state index contributed by atoms with van der Waals surface area (Å²) < 4.78 is 11.0. The Labute approximate surface area is 210 Å². The average Bonchev–Trinajstić information content (AvgIpc) is 2.95. The molecule has 182 valence electrons. The first kappa shape index (κ1) is 23.2. The second kappa shape index (κ2) is 10.8. The summed E-state index contributed by atoms with van der Waals surface area (Å²) in [5.41, 5.74) is 2.51. The fraction of sp³-hybridized carbons (Fsp3) is 0.179. The summed E-state index contributed by atoms with van der Waals surface area (Å²) in [6.07, 6.45) is 0. The molecule has 1 aromatic heterocycles. The quantitative estimate of drug-likeness (QED) is 0.403. The number of amides is 2. The number of nitrogens with one attached hydrogen (secondary N) is 1. The van der Waals surface area contributed by atoms with Gasteiger partial charge >= 0.3 is 6.03 Å². The lowest BCUT2D eigenvalue weighted by Gasteiger charge is -2.35. The Kier molecular flexibility index (Phi) is 6.93. The number of benzene rings is 3. The number of aromatic nitrogens is 2. The zero-order valence-electron chi connectivity index (χ0n) is 20.0. The smallest absolute Gasteiger partial charge is 0.321 e. The third-order valence-electron chi connectivity index (χ3n) is 6.01. The zero-order chi connectivity index (χ0) is 24.7. The highest BCUT2D eigenvalue weighted by atomic mass is 16.5. The van der Waals surface area contributed by atoms with E-state index in [1.807, 2.05) is 95.9 Å². The topological polar surface area (TPSA) is 79.8 Å². The van der Waals surface area contributed by atoms with Gasteiger partial charge in [-0.15, -0.1) is 10.2 Å². The van der Waals surface area contributed by atoms with Gasteiger partial charge in [-0.05, 0) is 72.8 Å². The molecule has 1 aliphatic heterocycles. The summed E-state index contributed by atoms with van der Waals surface area (Å²) >= 11 is 0. The first-order chi connectivity index (χ1) is 17.7. The molecule has 36 heavy (non-hydrogen) atoms. The van der Waals surface area contributed by atoms with Crippen molar-refractivity contribution in [3.63, 3.8) is 0 Å². The van der Waals surface area contributed by atoms with E-state index in [2.05, 4.69) is 20.4 Å². The Morgan fingerprint density at radius 1 is 0.750 bits per heavy atom. The maximum absolute atomic E-state index is 12.8. The molecular weight excluding hydrogens is 454 g/mol. The number of carbonyl (C=O) groups excluding carboxylic acids is 1. The van der Waals surface area contributed by atoms with Crippen LogP contribution < -0.4 is 19.7 Å². The number of anilines is 2. The van der Waals surface area contributed by atoms with Crippen LogP contribution in [-0.4, -0.2) is 54.4 Å². The Morgan fingerprint density at radius 3 is 2.06 bits per heavy atom. The van der Waals surface area contributed by atoms with E-state index in [0.717, 1.165) is 34.3 Å². The van der Waals surface area contributed by atoms with Crippen molar-refractivity contribution in [1.29, 1.82) is 0 Å². The fourth-order valence-electron chi connectivity index (χ4n) is 3.98. The van der Waals surface area contributed by atoms with Crippen molar-refractivity contribution in [2.24, 2.45) is 0 Å². The van der Waals surface area contributed by atoms with Gasteiger partial charge < -0.3 is 24.6 Å². The van der Waals surface area contributed by atoms with Crippen molar-refractivity contribution in [1.82, 2.24) is 15.1 Å². The summed E-state index contributed by atoms with van der Waals surface area (Å²) in [5, 5.41) is 11.8. The number of urea groups is 1. The van der Waals surface area contributed by atoms with Crippen LogP contribution in [0.1, 0.15) is 0 Å². The van der Waals surface area contributed by atoms with E-state index >= 15 is 0 Å². The van der Waals surface area contributed by atoms with Crippen molar-refractivity contribution >= 4 is 17.5 Å². The van der Waals surface area contributed by atoms with Gasteiger partial charge in [0.15, 0.2) is 5.82 Å². The lowest BCUT2D eigenvalue weighted by molar-refractivity contribution is 0.208. The van der Waals surface area contributed by atoms with E-state index < -0.39 is 0 Å². The van der Waals surface area contributed by atoms with E-state index in [1.165, 1.54) is 0 Å². The predicted molar refractivity (Wildman–Crippen MR) is 140 cm³/mol. The molecule has 0 unspecified atom stereocenters. The van der Waals surface area contributed by atoms with Crippen molar-refractivity contribution in [3.8, 4) is 28.5 Å². The van der Waals surface area contributed by atoms with E-state index in [-0.39, 0.29) is 6.03 Å². The summed E-state index contributed by atoms with van der Waals surface area (Å²) in [5.74, 6) is 3.10.